The smallest absolute Gasteiger partial charge is 0.330 e. The van der Waals surface area contributed by atoms with Gasteiger partial charge < -0.3 is 4.90 Å². The molecule has 0 N–H and O–H groups in total. The van der Waals surface area contributed by atoms with E-state index >= 15 is 0 Å². The van der Waals surface area contributed by atoms with Crippen LogP contribution in [0.5, 0.6) is 0 Å². The number of carbonyl (C=O) groups excluding carboxylic acids is 1. The van der Waals surface area contributed by atoms with Crippen molar-refractivity contribution in [2.75, 3.05) is 14.1 Å². The number of hydrogen-bond donors (Lipinski definition) is 0. The molecule has 0 aromatic carbocycles. The number of hydrogen-bond acceptors (Lipinski definition) is 5. The van der Waals surface area contributed by atoms with Crippen molar-refractivity contribution < 1.29 is 4.79 Å². The lowest BCUT2D eigenvalue weighted by Gasteiger charge is -2.20. The van der Waals surface area contributed by atoms with Crippen LogP contribution in [0.4, 0.5) is 4.79 Å². The van der Waals surface area contributed by atoms with Crippen LogP contribution in [0.25, 0.3) is 0 Å². The van der Waals surface area contributed by atoms with E-state index in [2.05, 4.69) is 10.2 Å². The summed E-state index contributed by atoms with van der Waals surface area (Å²) >= 11 is 1.35. The van der Waals surface area contributed by atoms with E-state index in [1.807, 2.05) is 34.6 Å². The molecule has 1 rings (SSSR count). The average Bonchev–Trinajstić information content (AvgIpc) is 2.25. The van der Waals surface area contributed by atoms with Crippen molar-refractivity contribution in [2.45, 2.75) is 50.4 Å². The minimum absolute atomic E-state index is 0.199. The highest BCUT2D eigenvalue weighted by molar-refractivity contribution is 7.99. The van der Waals surface area contributed by atoms with Crippen LogP contribution in [0.2, 0.25) is 0 Å². The molecule has 0 fully saturated rings. The highest BCUT2D eigenvalue weighted by atomic mass is 32.2. The summed E-state index contributed by atoms with van der Waals surface area (Å²) in [7, 11) is 3.21. The van der Waals surface area contributed by atoms with Gasteiger partial charge in [-0.15, -0.1) is 10.2 Å². The maximum Gasteiger partial charge on any atom is 0.332 e. The zero-order valence-corrected chi connectivity index (χ0v) is 13.9. The lowest BCUT2D eigenvalue weighted by atomic mass is 9.93. The van der Waals surface area contributed by atoms with Crippen molar-refractivity contribution in [3.63, 3.8) is 0 Å². The van der Waals surface area contributed by atoms with Gasteiger partial charge in [0, 0.05) is 24.8 Å². The molecule has 0 aliphatic carbocycles. The number of rotatable bonds is 2. The maximum atomic E-state index is 12.6. The maximum absolute atomic E-state index is 12.6. The Hall–Kier alpha value is -1.37. The molecule has 1 amide bonds. The van der Waals surface area contributed by atoms with Crippen molar-refractivity contribution in [3.05, 3.63) is 16.0 Å². The standard InChI is InChI=1S/C13H22N4O2S/c1-8(2)20-11-15-14-9(13(3,4)5)10(18)17(11)12(19)16(6)7/h8H,1-7H3. The molecule has 7 heteroatoms. The van der Waals surface area contributed by atoms with Crippen LogP contribution in [0, 0.1) is 0 Å². The first kappa shape index (κ1) is 16.7. The van der Waals surface area contributed by atoms with E-state index in [9.17, 15) is 9.59 Å². The Bertz CT molecular complexity index is 558. The summed E-state index contributed by atoms with van der Waals surface area (Å²) in [5.41, 5.74) is -0.561. The summed E-state index contributed by atoms with van der Waals surface area (Å²) in [6, 6.07) is -0.404. The molecule has 0 radical (unpaired) electrons. The molecule has 20 heavy (non-hydrogen) atoms. The molecule has 0 bridgehead atoms. The topological polar surface area (TPSA) is 68.1 Å². The number of carbonyl (C=O) groups is 1. The predicted molar refractivity (Wildman–Crippen MR) is 80.5 cm³/mol. The Morgan fingerprint density at radius 2 is 1.80 bits per heavy atom. The number of thioether (sulfide) groups is 1. The second kappa shape index (κ2) is 5.95. The van der Waals surface area contributed by atoms with Gasteiger partial charge in [-0.2, -0.15) is 0 Å². The Balaban J connectivity index is 3.55. The van der Waals surface area contributed by atoms with Crippen molar-refractivity contribution in [3.8, 4) is 0 Å². The second-order valence-corrected chi connectivity index (χ2v) is 7.61. The summed E-state index contributed by atoms with van der Waals surface area (Å²) in [6.07, 6.45) is 0. The molecule has 0 spiro atoms. The van der Waals surface area contributed by atoms with E-state index in [0.717, 1.165) is 4.57 Å². The van der Waals surface area contributed by atoms with E-state index < -0.39 is 17.0 Å². The van der Waals surface area contributed by atoms with Gasteiger partial charge in [-0.1, -0.05) is 46.4 Å². The highest BCUT2D eigenvalue weighted by Crippen LogP contribution is 2.21. The van der Waals surface area contributed by atoms with E-state index in [4.69, 9.17) is 0 Å². The lowest BCUT2D eigenvalue weighted by Crippen LogP contribution is -2.41. The molecule has 1 aromatic heterocycles. The van der Waals surface area contributed by atoms with Crippen molar-refractivity contribution in [1.82, 2.24) is 19.7 Å². The summed E-state index contributed by atoms with van der Waals surface area (Å²) < 4.78 is 1.11. The quantitative estimate of drug-likeness (QED) is 0.781. The second-order valence-electron chi connectivity index (χ2n) is 6.07. The van der Waals surface area contributed by atoms with Gasteiger partial charge in [-0.05, 0) is 0 Å². The molecule has 1 heterocycles. The third-order valence-corrected chi connectivity index (χ3v) is 3.40. The number of aromatic nitrogens is 3. The van der Waals surface area contributed by atoms with Gasteiger partial charge in [0.05, 0.1) is 0 Å². The third-order valence-electron chi connectivity index (χ3n) is 2.46. The predicted octanol–water partition coefficient (Wildman–Crippen LogP) is 1.97. The van der Waals surface area contributed by atoms with Gasteiger partial charge >= 0.3 is 6.03 Å². The first-order valence-electron chi connectivity index (χ1n) is 6.44. The van der Waals surface area contributed by atoms with Gasteiger partial charge in [-0.3, -0.25) is 4.79 Å². The van der Waals surface area contributed by atoms with Gasteiger partial charge in [0.1, 0.15) is 5.69 Å². The molecule has 0 aliphatic rings. The number of nitrogens with zero attached hydrogens (tertiary/aromatic N) is 4. The zero-order valence-electron chi connectivity index (χ0n) is 13.1. The fourth-order valence-corrected chi connectivity index (χ4v) is 2.28. The minimum atomic E-state index is -0.459. The van der Waals surface area contributed by atoms with Crippen molar-refractivity contribution in [2.24, 2.45) is 0 Å². The first-order chi connectivity index (χ1) is 9.05. The minimum Gasteiger partial charge on any atom is -0.330 e. The molecule has 0 saturated heterocycles. The van der Waals surface area contributed by atoms with Crippen LogP contribution in [0.15, 0.2) is 9.95 Å². The summed E-state index contributed by atoms with van der Waals surface area (Å²) in [6.45, 7) is 9.56. The Morgan fingerprint density at radius 1 is 1.25 bits per heavy atom. The van der Waals surface area contributed by atoms with Crippen LogP contribution < -0.4 is 5.56 Å². The summed E-state index contributed by atoms with van der Waals surface area (Å²) in [5, 5.41) is 8.64. The molecule has 0 saturated carbocycles. The van der Waals surface area contributed by atoms with E-state index in [0.29, 0.717) is 10.9 Å². The van der Waals surface area contributed by atoms with Crippen LogP contribution in [0.3, 0.4) is 0 Å². The van der Waals surface area contributed by atoms with Gasteiger partial charge in [0.15, 0.2) is 0 Å². The van der Waals surface area contributed by atoms with E-state index in [-0.39, 0.29) is 5.25 Å². The fraction of sp³-hybridized carbons (Fsp3) is 0.692. The van der Waals surface area contributed by atoms with E-state index in [1.165, 1.54) is 16.7 Å². The SMILES string of the molecule is CC(C)Sc1nnc(C(C)(C)C)c(=O)n1C(=O)N(C)C. The molecule has 0 atom stereocenters. The van der Waals surface area contributed by atoms with E-state index in [1.54, 1.807) is 14.1 Å². The summed E-state index contributed by atoms with van der Waals surface area (Å²) in [5.74, 6) is 0. The molecule has 6 nitrogen and oxygen atoms in total. The zero-order chi connectivity index (χ0) is 15.7. The Labute approximate surface area is 123 Å². The molecule has 0 unspecified atom stereocenters. The number of amides is 1. The van der Waals surface area contributed by atoms with Crippen LogP contribution >= 0.6 is 11.8 Å². The normalized spacial score (nSPS) is 11.8. The molecular weight excluding hydrogens is 276 g/mol. The first-order valence-corrected chi connectivity index (χ1v) is 7.32. The lowest BCUT2D eigenvalue weighted by molar-refractivity contribution is 0.214. The molecule has 1 aromatic rings. The summed E-state index contributed by atoms with van der Waals surface area (Å²) in [4.78, 5) is 26.2. The van der Waals surface area contributed by atoms with Crippen LogP contribution in [0.1, 0.15) is 40.3 Å². The molecule has 0 aliphatic heterocycles. The van der Waals surface area contributed by atoms with Gasteiger partial charge in [0.25, 0.3) is 5.56 Å². The Kier molecular flexibility index (Phi) is 4.96. The Morgan fingerprint density at radius 3 is 2.20 bits per heavy atom. The van der Waals surface area contributed by atoms with Crippen molar-refractivity contribution in [1.29, 1.82) is 0 Å². The van der Waals surface area contributed by atoms with Gasteiger partial charge in [0.2, 0.25) is 5.16 Å². The molecular formula is C13H22N4O2S. The van der Waals surface area contributed by atoms with Crippen LogP contribution in [-0.2, 0) is 5.41 Å². The third kappa shape index (κ3) is 3.59. The van der Waals surface area contributed by atoms with Gasteiger partial charge in [-0.25, -0.2) is 9.36 Å². The average molecular weight is 298 g/mol. The molecule has 112 valence electrons. The van der Waals surface area contributed by atoms with Crippen LogP contribution in [-0.4, -0.2) is 45.0 Å². The largest absolute Gasteiger partial charge is 0.332 e. The monoisotopic (exact) mass is 298 g/mol. The fourth-order valence-electron chi connectivity index (χ4n) is 1.50. The highest BCUT2D eigenvalue weighted by Gasteiger charge is 2.26. The van der Waals surface area contributed by atoms with Crippen molar-refractivity contribution >= 4 is 17.8 Å².